The van der Waals surface area contributed by atoms with Crippen LogP contribution in [0.15, 0.2) is 72.8 Å². The lowest BCUT2D eigenvalue weighted by molar-refractivity contribution is -0.140. The second kappa shape index (κ2) is 13.6. The van der Waals surface area contributed by atoms with E-state index in [1.54, 1.807) is 25.1 Å². The van der Waals surface area contributed by atoms with Crippen molar-refractivity contribution in [3.05, 3.63) is 100 Å². The predicted octanol–water partition coefficient (Wildman–Crippen LogP) is 4.72. The molecule has 0 bridgehead atoms. The number of anilines is 1. The Balaban J connectivity index is 2.05. The van der Waals surface area contributed by atoms with Crippen molar-refractivity contribution >= 4 is 39.1 Å². The molecule has 1 atom stereocenters. The average Bonchev–Trinajstić information content (AvgIpc) is 2.89. The standard InChI is InChI=1S/C29H33ClFN3O4S/c1-4-16-32-29(36)27(18-22-8-6-5-7-9-22)33(19-23-10-13-25(31)14-11-23)28(35)20-34(39(3,37)38)26-15-12-24(30)17-21(26)2/h5-15,17,27H,4,16,18-20H2,1-3H3,(H,32,36). The summed E-state index contributed by atoms with van der Waals surface area (Å²) in [5, 5.41) is 3.31. The van der Waals surface area contributed by atoms with Crippen molar-refractivity contribution in [2.75, 3.05) is 23.7 Å². The molecular weight excluding hydrogens is 541 g/mol. The van der Waals surface area contributed by atoms with Gasteiger partial charge in [-0.1, -0.05) is 61.0 Å². The number of aryl methyl sites for hydroxylation is 1. The number of nitrogens with one attached hydrogen (secondary N) is 1. The summed E-state index contributed by atoms with van der Waals surface area (Å²) in [4.78, 5) is 28.8. The summed E-state index contributed by atoms with van der Waals surface area (Å²) in [6.45, 7) is 3.49. The summed E-state index contributed by atoms with van der Waals surface area (Å²) in [5.74, 6) is -1.36. The highest BCUT2D eigenvalue weighted by Crippen LogP contribution is 2.26. The normalized spacial score (nSPS) is 12.0. The van der Waals surface area contributed by atoms with Crippen LogP contribution < -0.4 is 9.62 Å². The summed E-state index contributed by atoms with van der Waals surface area (Å²) < 4.78 is 40.4. The molecule has 0 aliphatic heterocycles. The number of halogens is 2. The Hall–Kier alpha value is -3.43. The van der Waals surface area contributed by atoms with Gasteiger partial charge in [-0.3, -0.25) is 13.9 Å². The van der Waals surface area contributed by atoms with Gasteiger partial charge in [0.15, 0.2) is 0 Å². The number of amides is 2. The van der Waals surface area contributed by atoms with Crippen LogP contribution in [0.5, 0.6) is 0 Å². The number of hydrogen-bond donors (Lipinski definition) is 1. The number of hydrogen-bond acceptors (Lipinski definition) is 4. The Kier molecular flexibility index (Phi) is 10.5. The number of sulfonamides is 1. The lowest BCUT2D eigenvalue weighted by Gasteiger charge is -2.33. The van der Waals surface area contributed by atoms with E-state index in [-0.39, 0.29) is 18.9 Å². The fourth-order valence-corrected chi connectivity index (χ4v) is 5.33. The smallest absolute Gasteiger partial charge is 0.244 e. The van der Waals surface area contributed by atoms with Crippen molar-refractivity contribution in [1.29, 1.82) is 0 Å². The number of carbonyl (C=O) groups excluding carboxylic acids is 2. The molecule has 1 N–H and O–H groups in total. The van der Waals surface area contributed by atoms with Gasteiger partial charge in [0, 0.05) is 24.5 Å². The third-order valence-corrected chi connectivity index (χ3v) is 7.55. The van der Waals surface area contributed by atoms with Gasteiger partial charge in [-0.25, -0.2) is 12.8 Å². The van der Waals surface area contributed by atoms with Crippen molar-refractivity contribution in [3.8, 4) is 0 Å². The molecule has 3 aromatic carbocycles. The number of carbonyl (C=O) groups is 2. The highest BCUT2D eigenvalue weighted by molar-refractivity contribution is 7.92. The molecule has 208 valence electrons. The fraction of sp³-hybridized carbons (Fsp3) is 0.310. The van der Waals surface area contributed by atoms with Crippen LogP contribution in [0.2, 0.25) is 5.02 Å². The van der Waals surface area contributed by atoms with E-state index in [2.05, 4.69) is 5.32 Å². The largest absolute Gasteiger partial charge is 0.354 e. The molecule has 0 aliphatic rings. The number of rotatable bonds is 12. The Morgan fingerprint density at radius 2 is 1.67 bits per heavy atom. The Morgan fingerprint density at radius 1 is 1.00 bits per heavy atom. The highest BCUT2D eigenvalue weighted by Gasteiger charge is 2.33. The maximum absolute atomic E-state index is 14.0. The van der Waals surface area contributed by atoms with E-state index < -0.39 is 34.3 Å². The van der Waals surface area contributed by atoms with Crippen molar-refractivity contribution in [2.45, 2.75) is 39.3 Å². The molecule has 0 saturated carbocycles. The second-order valence-corrected chi connectivity index (χ2v) is 11.7. The van der Waals surface area contributed by atoms with E-state index in [4.69, 9.17) is 11.6 Å². The van der Waals surface area contributed by atoms with Gasteiger partial charge in [-0.05, 0) is 60.4 Å². The lowest BCUT2D eigenvalue weighted by Crippen LogP contribution is -2.53. The molecule has 0 spiro atoms. The van der Waals surface area contributed by atoms with Crippen molar-refractivity contribution in [2.24, 2.45) is 0 Å². The van der Waals surface area contributed by atoms with Crippen LogP contribution in [0.4, 0.5) is 10.1 Å². The minimum absolute atomic E-state index is 0.0205. The first-order chi connectivity index (χ1) is 18.5. The van der Waals surface area contributed by atoms with E-state index in [0.29, 0.717) is 34.8 Å². The molecule has 0 aromatic heterocycles. The van der Waals surface area contributed by atoms with Crippen molar-refractivity contribution in [3.63, 3.8) is 0 Å². The van der Waals surface area contributed by atoms with Gasteiger partial charge in [0.1, 0.15) is 18.4 Å². The first kappa shape index (κ1) is 30.1. The zero-order valence-electron chi connectivity index (χ0n) is 22.2. The summed E-state index contributed by atoms with van der Waals surface area (Å²) in [6.07, 6.45) is 1.93. The van der Waals surface area contributed by atoms with Gasteiger partial charge in [-0.15, -0.1) is 0 Å². The molecule has 39 heavy (non-hydrogen) atoms. The highest BCUT2D eigenvalue weighted by atomic mass is 35.5. The molecule has 3 aromatic rings. The molecule has 1 unspecified atom stereocenters. The van der Waals surface area contributed by atoms with E-state index in [1.165, 1.54) is 29.2 Å². The van der Waals surface area contributed by atoms with Crippen LogP contribution in [0, 0.1) is 12.7 Å². The first-order valence-electron chi connectivity index (χ1n) is 12.6. The van der Waals surface area contributed by atoms with Gasteiger partial charge in [0.2, 0.25) is 21.8 Å². The minimum atomic E-state index is -3.89. The molecular formula is C29H33ClFN3O4S. The Bertz CT molecular complexity index is 1390. The fourth-order valence-electron chi connectivity index (χ4n) is 4.20. The van der Waals surface area contributed by atoms with Crippen LogP contribution >= 0.6 is 11.6 Å². The summed E-state index contributed by atoms with van der Waals surface area (Å²) in [6, 6.07) is 18.7. The molecule has 3 rings (SSSR count). The molecule has 2 amide bonds. The third-order valence-electron chi connectivity index (χ3n) is 6.19. The quantitative estimate of drug-likeness (QED) is 0.340. The number of nitrogens with zero attached hydrogens (tertiary/aromatic N) is 2. The van der Waals surface area contributed by atoms with Gasteiger partial charge in [0.25, 0.3) is 0 Å². The topological polar surface area (TPSA) is 86.8 Å². The van der Waals surface area contributed by atoms with E-state index in [0.717, 1.165) is 16.1 Å². The van der Waals surface area contributed by atoms with Crippen LogP contribution in [-0.4, -0.2) is 50.5 Å². The molecule has 10 heteroatoms. The molecule has 0 radical (unpaired) electrons. The molecule has 0 aliphatic carbocycles. The Labute approximate surface area is 234 Å². The van der Waals surface area contributed by atoms with E-state index in [1.807, 2.05) is 37.3 Å². The summed E-state index contributed by atoms with van der Waals surface area (Å²) >= 11 is 6.07. The Morgan fingerprint density at radius 3 is 2.26 bits per heavy atom. The van der Waals surface area contributed by atoms with Gasteiger partial charge in [0.05, 0.1) is 11.9 Å². The van der Waals surface area contributed by atoms with Gasteiger partial charge >= 0.3 is 0 Å². The second-order valence-electron chi connectivity index (χ2n) is 9.35. The van der Waals surface area contributed by atoms with Crippen molar-refractivity contribution < 1.29 is 22.4 Å². The van der Waals surface area contributed by atoms with Crippen molar-refractivity contribution in [1.82, 2.24) is 10.2 Å². The third kappa shape index (κ3) is 8.53. The summed E-state index contributed by atoms with van der Waals surface area (Å²) in [7, 11) is -3.89. The molecule has 0 saturated heterocycles. The number of benzene rings is 3. The van der Waals surface area contributed by atoms with Crippen LogP contribution in [-0.2, 0) is 32.6 Å². The maximum atomic E-state index is 14.0. The monoisotopic (exact) mass is 573 g/mol. The molecule has 0 heterocycles. The average molecular weight is 574 g/mol. The predicted molar refractivity (Wildman–Crippen MR) is 153 cm³/mol. The van der Waals surface area contributed by atoms with E-state index >= 15 is 0 Å². The zero-order valence-corrected chi connectivity index (χ0v) is 23.8. The maximum Gasteiger partial charge on any atom is 0.244 e. The minimum Gasteiger partial charge on any atom is -0.354 e. The SMILES string of the molecule is CCCNC(=O)C(Cc1ccccc1)N(Cc1ccc(F)cc1)C(=O)CN(c1ccc(Cl)cc1C)S(C)(=O)=O. The lowest BCUT2D eigenvalue weighted by atomic mass is 10.0. The van der Waals surface area contributed by atoms with Gasteiger partial charge in [-0.2, -0.15) is 0 Å². The van der Waals surface area contributed by atoms with Crippen LogP contribution in [0.3, 0.4) is 0 Å². The van der Waals surface area contributed by atoms with Crippen LogP contribution in [0.25, 0.3) is 0 Å². The summed E-state index contributed by atoms with van der Waals surface area (Å²) in [5.41, 5.74) is 2.32. The van der Waals surface area contributed by atoms with Gasteiger partial charge < -0.3 is 10.2 Å². The molecule has 7 nitrogen and oxygen atoms in total. The first-order valence-corrected chi connectivity index (χ1v) is 14.8. The van der Waals surface area contributed by atoms with E-state index in [9.17, 15) is 22.4 Å². The molecule has 0 fully saturated rings. The van der Waals surface area contributed by atoms with Crippen LogP contribution in [0.1, 0.15) is 30.0 Å². The zero-order chi connectivity index (χ0) is 28.6.